The molecule has 1 saturated heterocycles. The van der Waals surface area contributed by atoms with Crippen molar-refractivity contribution in [2.45, 2.75) is 25.8 Å². The quantitative estimate of drug-likeness (QED) is 0.671. The zero-order valence-electron chi connectivity index (χ0n) is 11.3. The summed E-state index contributed by atoms with van der Waals surface area (Å²) in [6.45, 7) is 4.15. The third kappa shape index (κ3) is 1.51. The van der Waals surface area contributed by atoms with Crippen molar-refractivity contribution in [2.24, 2.45) is 5.41 Å². The highest BCUT2D eigenvalue weighted by molar-refractivity contribution is 5.84. The molecule has 0 unspecified atom stereocenters. The third-order valence-electron chi connectivity index (χ3n) is 4.77. The molecule has 2 aliphatic rings. The number of aromatic nitrogens is 2. The first-order chi connectivity index (χ1) is 9.58. The molecular formula is C14H16N4O2. The van der Waals surface area contributed by atoms with E-state index in [0.29, 0.717) is 11.5 Å². The summed E-state index contributed by atoms with van der Waals surface area (Å²) in [5, 5.41) is 19.7. The van der Waals surface area contributed by atoms with Crippen LogP contribution in [0.15, 0.2) is 18.2 Å². The van der Waals surface area contributed by atoms with Gasteiger partial charge >= 0.3 is 0 Å². The number of nitro groups is 1. The maximum atomic E-state index is 10.9. The maximum absolute atomic E-state index is 10.9. The summed E-state index contributed by atoms with van der Waals surface area (Å²) in [6, 6.07) is 5.47. The first kappa shape index (κ1) is 11.8. The topological polar surface area (TPSA) is 73.0 Å². The predicted molar refractivity (Wildman–Crippen MR) is 74.7 cm³/mol. The lowest BCUT2D eigenvalue weighted by atomic mass is 9.62. The molecule has 1 aliphatic heterocycles. The molecule has 1 saturated carbocycles. The van der Waals surface area contributed by atoms with Gasteiger partial charge in [-0.15, -0.1) is 0 Å². The minimum absolute atomic E-state index is 0.133. The Bertz CT molecular complexity index is 709. The normalized spacial score (nSPS) is 20.9. The second-order valence-corrected chi connectivity index (χ2v) is 6.15. The highest BCUT2D eigenvalue weighted by Crippen LogP contribution is 2.51. The Morgan fingerprint density at radius 2 is 2.20 bits per heavy atom. The molecule has 2 aromatic rings. The van der Waals surface area contributed by atoms with E-state index in [9.17, 15) is 10.1 Å². The fraction of sp³-hybridized carbons (Fsp3) is 0.500. The van der Waals surface area contributed by atoms with Crippen LogP contribution in [0.25, 0.3) is 10.9 Å². The highest BCUT2D eigenvalue weighted by Gasteiger charge is 2.49. The lowest BCUT2D eigenvalue weighted by Gasteiger charge is -2.54. The van der Waals surface area contributed by atoms with E-state index in [2.05, 4.69) is 15.1 Å². The van der Waals surface area contributed by atoms with Crippen LogP contribution in [0.2, 0.25) is 0 Å². The molecule has 2 heterocycles. The number of benzene rings is 1. The van der Waals surface area contributed by atoms with Gasteiger partial charge in [0.15, 0.2) is 0 Å². The van der Waals surface area contributed by atoms with Crippen molar-refractivity contribution >= 4 is 16.6 Å². The Morgan fingerprint density at radius 3 is 2.80 bits per heavy atom. The van der Waals surface area contributed by atoms with E-state index in [4.69, 9.17) is 0 Å². The van der Waals surface area contributed by atoms with Gasteiger partial charge in [0.05, 0.1) is 22.2 Å². The Morgan fingerprint density at radius 1 is 1.45 bits per heavy atom. The molecule has 0 bridgehead atoms. The SMILES string of the molecule is Cc1nn(C2CC3(CNC3)C2)c2ccc([N+](=O)[O-])cc12. The number of hydrogen-bond donors (Lipinski definition) is 1. The molecule has 1 N–H and O–H groups in total. The zero-order chi connectivity index (χ0) is 13.9. The van der Waals surface area contributed by atoms with E-state index in [-0.39, 0.29) is 10.6 Å². The smallest absolute Gasteiger partial charge is 0.270 e. The van der Waals surface area contributed by atoms with E-state index >= 15 is 0 Å². The van der Waals surface area contributed by atoms with Crippen molar-refractivity contribution in [1.82, 2.24) is 15.1 Å². The van der Waals surface area contributed by atoms with Crippen LogP contribution in [-0.2, 0) is 0 Å². The largest absolute Gasteiger partial charge is 0.316 e. The summed E-state index contributed by atoms with van der Waals surface area (Å²) < 4.78 is 2.07. The third-order valence-corrected chi connectivity index (χ3v) is 4.77. The van der Waals surface area contributed by atoms with E-state index in [1.54, 1.807) is 12.1 Å². The number of non-ortho nitro benzene ring substituents is 1. The molecule has 0 radical (unpaired) electrons. The lowest BCUT2D eigenvalue weighted by Crippen LogP contribution is -2.60. The standard InChI is InChI=1S/C14H16N4O2/c1-9-12-4-10(18(19)20)2-3-13(12)17(16-9)11-5-14(6-11)7-15-8-14/h2-4,11,15H,5-8H2,1H3. The summed E-state index contributed by atoms with van der Waals surface area (Å²) in [5.74, 6) is 0. The van der Waals surface area contributed by atoms with Gasteiger partial charge in [-0.1, -0.05) is 0 Å². The summed E-state index contributed by atoms with van der Waals surface area (Å²) in [6.07, 6.45) is 2.32. The molecule has 2 fully saturated rings. The maximum Gasteiger partial charge on any atom is 0.270 e. The van der Waals surface area contributed by atoms with Crippen LogP contribution in [0.5, 0.6) is 0 Å². The molecule has 104 valence electrons. The Labute approximate surface area is 115 Å². The van der Waals surface area contributed by atoms with Crippen molar-refractivity contribution in [2.75, 3.05) is 13.1 Å². The second kappa shape index (κ2) is 3.79. The van der Waals surface area contributed by atoms with E-state index in [1.165, 1.54) is 0 Å². The zero-order valence-corrected chi connectivity index (χ0v) is 11.3. The lowest BCUT2D eigenvalue weighted by molar-refractivity contribution is -0.384. The number of aryl methyl sites for hydroxylation is 1. The molecule has 0 atom stereocenters. The van der Waals surface area contributed by atoms with Gasteiger partial charge in [-0.3, -0.25) is 14.8 Å². The summed E-state index contributed by atoms with van der Waals surface area (Å²) in [5.41, 5.74) is 2.52. The van der Waals surface area contributed by atoms with Gasteiger partial charge in [0, 0.05) is 30.6 Å². The number of hydrogen-bond acceptors (Lipinski definition) is 4. The Kier molecular flexibility index (Phi) is 2.24. The van der Waals surface area contributed by atoms with Crippen LogP contribution in [0.1, 0.15) is 24.6 Å². The first-order valence-electron chi connectivity index (χ1n) is 6.92. The van der Waals surface area contributed by atoms with E-state index in [0.717, 1.165) is 42.5 Å². The average molecular weight is 272 g/mol. The summed E-state index contributed by atoms with van der Waals surface area (Å²) in [4.78, 5) is 10.5. The molecule has 20 heavy (non-hydrogen) atoms. The van der Waals surface area contributed by atoms with Crippen molar-refractivity contribution in [3.63, 3.8) is 0 Å². The monoisotopic (exact) mass is 272 g/mol. The average Bonchev–Trinajstić information content (AvgIpc) is 2.63. The molecule has 6 heteroatoms. The van der Waals surface area contributed by atoms with Gasteiger partial charge in [0.2, 0.25) is 0 Å². The summed E-state index contributed by atoms with van der Waals surface area (Å²) in [7, 11) is 0. The molecule has 1 aromatic heterocycles. The second-order valence-electron chi connectivity index (χ2n) is 6.15. The van der Waals surface area contributed by atoms with Crippen LogP contribution in [-0.4, -0.2) is 27.8 Å². The molecule has 0 amide bonds. The minimum Gasteiger partial charge on any atom is -0.316 e. The number of fused-ring (bicyclic) bond motifs is 1. The van der Waals surface area contributed by atoms with Crippen LogP contribution in [0.3, 0.4) is 0 Å². The number of nitro benzene ring substituents is 1. The van der Waals surface area contributed by atoms with Crippen molar-refractivity contribution in [3.05, 3.63) is 34.0 Å². The van der Waals surface area contributed by atoms with Crippen LogP contribution < -0.4 is 5.32 Å². The van der Waals surface area contributed by atoms with Gasteiger partial charge in [0.1, 0.15) is 0 Å². The van der Waals surface area contributed by atoms with Gasteiger partial charge in [-0.2, -0.15) is 5.10 Å². The van der Waals surface area contributed by atoms with Crippen LogP contribution >= 0.6 is 0 Å². The van der Waals surface area contributed by atoms with Crippen LogP contribution in [0, 0.1) is 22.5 Å². The predicted octanol–water partition coefficient (Wildman–Crippen LogP) is 2.18. The first-order valence-corrected chi connectivity index (χ1v) is 6.92. The molecule has 1 spiro atoms. The molecule has 6 nitrogen and oxygen atoms in total. The van der Waals surface area contributed by atoms with Crippen molar-refractivity contribution < 1.29 is 4.92 Å². The molecule has 1 aromatic carbocycles. The number of rotatable bonds is 2. The van der Waals surface area contributed by atoms with Crippen LogP contribution in [0.4, 0.5) is 5.69 Å². The highest BCUT2D eigenvalue weighted by atomic mass is 16.6. The van der Waals surface area contributed by atoms with Gasteiger partial charge in [-0.05, 0) is 31.2 Å². The minimum atomic E-state index is -0.353. The van der Waals surface area contributed by atoms with E-state index in [1.807, 2.05) is 13.0 Å². The van der Waals surface area contributed by atoms with Gasteiger partial charge in [0.25, 0.3) is 5.69 Å². The Balaban J connectivity index is 1.72. The fourth-order valence-electron chi connectivity index (χ4n) is 3.55. The van der Waals surface area contributed by atoms with Crippen molar-refractivity contribution in [3.8, 4) is 0 Å². The Hall–Kier alpha value is -1.95. The number of nitrogens with one attached hydrogen (secondary N) is 1. The van der Waals surface area contributed by atoms with Gasteiger partial charge in [-0.25, -0.2) is 0 Å². The molecule has 1 aliphatic carbocycles. The van der Waals surface area contributed by atoms with E-state index < -0.39 is 0 Å². The fourth-order valence-corrected chi connectivity index (χ4v) is 3.55. The number of nitrogens with zero attached hydrogens (tertiary/aromatic N) is 3. The van der Waals surface area contributed by atoms with Gasteiger partial charge < -0.3 is 5.32 Å². The molecular weight excluding hydrogens is 256 g/mol. The molecule has 4 rings (SSSR count). The van der Waals surface area contributed by atoms with Crippen molar-refractivity contribution in [1.29, 1.82) is 0 Å². The summed E-state index contributed by atoms with van der Waals surface area (Å²) >= 11 is 0.